The van der Waals surface area contributed by atoms with Crippen molar-refractivity contribution >= 4 is 0 Å². The average molecular weight is 344 g/mol. The van der Waals surface area contributed by atoms with E-state index in [1.165, 1.54) is 49.8 Å². The first-order chi connectivity index (χ1) is 11.9. The summed E-state index contributed by atoms with van der Waals surface area (Å²) < 4.78 is 5.98. The van der Waals surface area contributed by atoms with Crippen molar-refractivity contribution in [1.29, 1.82) is 0 Å². The summed E-state index contributed by atoms with van der Waals surface area (Å²) in [5.41, 5.74) is 3.14. The van der Waals surface area contributed by atoms with Crippen molar-refractivity contribution in [3.05, 3.63) is 35.4 Å². The molecule has 0 aliphatic carbocycles. The van der Waals surface area contributed by atoms with Gasteiger partial charge in [-0.05, 0) is 75.0 Å². The molecule has 0 unspecified atom stereocenters. The summed E-state index contributed by atoms with van der Waals surface area (Å²) in [6.45, 7) is 13.8. The number of rotatable bonds is 7. The molecule has 0 saturated carbocycles. The van der Waals surface area contributed by atoms with Crippen LogP contribution >= 0.6 is 0 Å². The Morgan fingerprint density at radius 1 is 1.08 bits per heavy atom. The Labute approximate surface area is 154 Å². The zero-order chi connectivity index (χ0) is 17.9. The number of hydrogen-bond donors (Lipinski definition) is 0. The standard InChI is InChI=1S/C23H37NO/c1-18(2)9-10-19(20-12-14-25-23(3,4)15-20)11-13-24-16-21-7-5-6-8-22(21)17-24/h5-8,18-20H,9-17H2,1-4H3/t19-,20+/m1/s1. The van der Waals surface area contributed by atoms with Crippen molar-refractivity contribution in [3.63, 3.8) is 0 Å². The highest BCUT2D eigenvalue weighted by Gasteiger charge is 2.33. The monoisotopic (exact) mass is 343 g/mol. The summed E-state index contributed by atoms with van der Waals surface area (Å²) in [5.74, 6) is 2.51. The molecule has 0 N–H and O–H groups in total. The molecule has 3 rings (SSSR count). The van der Waals surface area contributed by atoms with Crippen LogP contribution in [0.5, 0.6) is 0 Å². The SMILES string of the molecule is CC(C)CC[C@H](CCN1Cc2ccccc2C1)[C@H]1CCOC(C)(C)C1. The van der Waals surface area contributed by atoms with E-state index in [2.05, 4.69) is 56.9 Å². The molecule has 0 bridgehead atoms. The highest BCUT2D eigenvalue weighted by Crippen LogP contribution is 2.37. The smallest absolute Gasteiger partial charge is 0.0629 e. The lowest BCUT2D eigenvalue weighted by molar-refractivity contribution is -0.0845. The second-order valence-corrected chi connectivity index (χ2v) is 9.36. The minimum absolute atomic E-state index is 0.0723. The Morgan fingerprint density at radius 2 is 1.76 bits per heavy atom. The molecule has 1 fully saturated rings. The Balaban J connectivity index is 1.56. The maximum Gasteiger partial charge on any atom is 0.0629 e. The van der Waals surface area contributed by atoms with Crippen molar-refractivity contribution in [1.82, 2.24) is 4.90 Å². The lowest BCUT2D eigenvalue weighted by Crippen LogP contribution is -2.37. The normalized spacial score (nSPS) is 24.4. The molecule has 2 heteroatoms. The highest BCUT2D eigenvalue weighted by atomic mass is 16.5. The number of fused-ring (bicyclic) bond motifs is 1. The van der Waals surface area contributed by atoms with Gasteiger partial charge in [0.2, 0.25) is 0 Å². The molecule has 2 aliphatic rings. The molecule has 2 heterocycles. The molecule has 0 aromatic heterocycles. The van der Waals surface area contributed by atoms with Gasteiger partial charge >= 0.3 is 0 Å². The van der Waals surface area contributed by atoms with E-state index in [0.29, 0.717) is 0 Å². The molecule has 2 nitrogen and oxygen atoms in total. The second kappa shape index (κ2) is 8.22. The van der Waals surface area contributed by atoms with Crippen LogP contribution in [0.25, 0.3) is 0 Å². The largest absolute Gasteiger partial charge is 0.376 e. The molecular weight excluding hydrogens is 306 g/mol. The maximum absolute atomic E-state index is 5.98. The van der Waals surface area contributed by atoms with Crippen LogP contribution in [0.3, 0.4) is 0 Å². The fraction of sp³-hybridized carbons (Fsp3) is 0.739. The molecule has 1 aromatic rings. The molecule has 25 heavy (non-hydrogen) atoms. The molecule has 140 valence electrons. The minimum Gasteiger partial charge on any atom is -0.376 e. The van der Waals surface area contributed by atoms with Gasteiger partial charge in [0.05, 0.1) is 5.60 Å². The third-order valence-electron chi connectivity index (χ3n) is 6.24. The van der Waals surface area contributed by atoms with E-state index in [0.717, 1.165) is 37.5 Å². The van der Waals surface area contributed by atoms with Crippen molar-refractivity contribution in [2.24, 2.45) is 17.8 Å². The van der Waals surface area contributed by atoms with Crippen LogP contribution in [0.15, 0.2) is 24.3 Å². The zero-order valence-electron chi connectivity index (χ0n) is 16.8. The molecule has 0 radical (unpaired) electrons. The van der Waals surface area contributed by atoms with Crippen molar-refractivity contribution in [2.45, 2.75) is 78.5 Å². The third-order valence-corrected chi connectivity index (χ3v) is 6.24. The van der Waals surface area contributed by atoms with Crippen LogP contribution in [0.2, 0.25) is 0 Å². The van der Waals surface area contributed by atoms with E-state index in [1.807, 2.05) is 0 Å². The second-order valence-electron chi connectivity index (χ2n) is 9.36. The first-order valence-corrected chi connectivity index (χ1v) is 10.4. The number of nitrogens with zero attached hydrogens (tertiary/aromatic N) is 1. The number of benzene rings is 1. The molecule has 2 aliphatic heterocycles. The molecule has 1 saturated heterocycles. The number of hydrogen-bond acceptors (Lipinski definition) is 2. The molecular formula is C23H37NO. The van der Waals surface area contributed by atoms with E-state index in [-0.39, 0.29) is 5.60 Å². The fourth-order valence-corrected chi connectivity index (χ4v) is 4.75. The van der Waals surface area contributed by atoms with E-state index in [9.17, 15) is 0 Å². The number of ether oxygens (including phenoxy) is 1. The average Bonchev–Trinajstić information content (AvgIpc) is 2.96. The Bertz CT molecular complexity index is 526. The van der Waals surface area contributed by atoms with Crippen LogP contribution in [-0.4, -0.2) is 23.7 Å². The lowest BCUT2D eigenvalue weighted by atomic mass is 9.75. The van der Waals surface area contributed by atoms with Gasteiger partial charge in [-0.25, -0.2) is 0 Å². The predicted molar refractivity (Wildman–Crippen MR) is 105 cm³/mol. The van der Waals surface area contributed by atoms with Crippen LogP contribution in [-0.2, 0) is 17.8 Å². The molecule has 0 spiro atoms. The molecule has 0 amide bonds. The highest BCUT2D eigenvalue weighted by molar-refractivity contribution is 5.30. The van der Waals surface area contributed by atoms with Crippen molar-refractivity contribution in [2.75, 3.05) is 13.2 Å². The summed E-state index contributed by atoms with van der Waals surface area (Å²) in [6.07, 6.45) is 6.59. The van der Waals surface area contributed by atoms with Gasteiger partial charge in [0, 0.05) is 19.7 Å². The van der Waals surface area contributed by atoms with Gasteiger partial charge in [0.15, 0.2) is 0 Å². The van der Waals surface area contributed by atoms with Crippen LogP contribution in [0, 0.1) is 17.8 Å². The quantitative estimate of drug-likeness (QED) is 0.634. The lowest BCUT2D eigenvalue weighted by Gasteiger charge is -2.40. The van der Waals surface area contributed by atoms with E-state index >= 15 is 0 Å². The van der Waals surface area contributed by atoms with Crippen LogP contribution in [0.1, 0.15) is 70.9 Å². The zero-order valence-corrected chi connectivity index (χ0v) is 16.8. The summed E-state index contributed by atoms with van der Waals surface area (Å²) in [6, 6.07) is 8.95. The van der Waals surface area contributed by atoms with Gasteiger partial charge in [0.25, 0.3) is 0 Å². The molecule has 1 aromatic carbocycles. The Hall–Kier alpha value is -0.860. The van der Waals surface area contributed by atoms with E-state index < -0.39 is 0 Å². The van der Waals surface area contributed by atoms with Crippen LogP contribution < -0.4 is 0 Å². The summed E-state index contributed by atoms with van der Waals surface area (Å²) >= 11 is 0. The summed E-state index contributed by atoms with van der Waals surface area (Å²) in [5, 5.41) is 0. The van der Waals surface area contributed by atoms with Gasteiger partial charge in [0.1, 0.15) is 0 Å². The summed E-state index contributed by atoms with van der Waals surface area (Å²) in [4.78, 5) is 2.65. The first-order valence-electron chi connectivity index (χ1n) is 10.4. The van der Waals surface area contributed by atoms with Crippen molar-refractivity contribution < 1.29 is 4.74 Å². The van der Waals surface area contributed by atoms with Gasteiger partial charge in [-0.3, -0.25) is 4.90 Å². The Morgan fingerprint density at radius 3 is 2.36 bits per heavy atom. The predicted octanol–water partition coefficient (Wildman–Crippen LogP) is 5.65. The van der Waals surface area contributed by atoms with Gasteiger partial charge in [-0.2, -0.15) is 0 Å². The van der Waals surface area contributed by atoms with E-state index in [1.54, 1.807) is 0 Å². The minimum atomic E-state index is 0.0723. The van der Waals surface area contributed by atoms with Crippen LogP contribution in [0.4, 0.5) is 0 Å². The summed E-state index contributed by atoms with van der Waals surface area (Å²) in [7, 11) is 0. The molecule has 2 atom stereocenters. The van der Waals surface area contributed by atoms with Gasteiger partial charge in [-0.15, -0.1) is 0 Å². The van der Waals surface area contributed by atoms with Gasteiger partial charge in [-0.1, -0.05) is 44.5 Å². The third kappa shape index (κ3) is 5.31. The van der Waals surface area contributed by atoms with E-state index in [4.69, 9.17) is 4.74 Å². The van der Waals surface area contributed by atoms with Gasteiger partial charge < -0.3 is 4.74 Å². The first kappa shape index (κ1) is 18.9. The topological polar surface area (TPSA) is 12.5 Å². The van der Waals surface area contributed by atoms with Crippen molar-refractivity contribution in [3.8, 4) is 0 Å². The fourth-order valence-electron chi connectivity index (χ4n) is 4.75. The maximum atomic E-state index is 5.98. The Kier molecular flexibility index (Phi) is 6.22.